The molecule has 2 nitrogen and oxygen atoms in total. The van der Waals surface area contributed by atoms with Gasteiger partial charge in [0, 0.05) is 13.1 Å². The van der Waals surface area contributed by atoms with E-state index in [1.165, 1.54) is 22.5 Å². The zero-order valence-electron chi connectivity index (χ0n) is 17.9. The molecule has 0 spiro atoms. The lowest BCUT2D eigenvalue weighted by Gasteiger charge is -2.22. The first kappa shape index (κ1) is 27.2. The number of fused-ring (bicyclic) bond motifs is 3. The largest absolute Gasteiger partial charge is 0.379 e. The van der Waals surface area contributed by atoms with E-state index in [-0.39, 0.29) is 0 Å². The van der Waals surface area contributed by atoms with E-state index in [1.807, 2.05) is 69.2 Å². The van der Waals surface area contributed by atoms with Crippen molar-refractivity contribution in [2.24, 2.45) is 0 Å². The first-order valence-electron chi connectivity index (χ1n) is 9.93. The lowest BCUT2D eigenvalue weighted by molar-refractivity contribution is 1.26. The molecule has 0 aromatic heterocycles. The first-order chi connectivity index (χ1) is 11.9. The Labute approximate surface area is 152 Å². The van der Waals surface area contributed by atoms with Crippen molar-refractivity contribution in [3.05, 3.63) is 35.4 Å². The molecule has 0 saturated heterocycles. The van der Waals surface area contributed by atoms with Crippen LogP contribution in [0.15, 0.2) is 24.3 Å². The Morgan fingerprint density at radius 1 is 0.542 bits per heavy atom. The Morgan fingerprint density at radius 3 is 1.12 bits per heavy atom. The van der Waals surface area contributed by atoms with Crippen molar-refractivity contribution >= 4 is 23.5 Å². The molecular weight excluding hydrogens is 292 g/mol. The first-order valence-corrected chi connectivity index (χ1v) is 9.93. The average molecular weight is 335 g/mol. The van der Waals surface area contributed by atoms with Gasteiger partial charge in [0.25, 0.3) is 0 Å². The molecule has 2 heterocycles. The molecule has 24 heavy (non-hydrogen) atoms. The molecule has 2 aliphatic rings. The summed E-state index contributed by atoms with van der Waals surface area (Å²) in [4.78, 5) is 0. The minimum atomic E-state index is 0.925. The Hall–Kier alpha value is -1.70. The van der Waals surface area contributed by atoms with Crippen molar-refractivity contribution in [2.75, 3.05) is 23.7 Å². The van der Waals surface area contributed by atoms with E-state index < -0.39 is 0 Å². The van der Waals surface area contributed by atoms with Gasteiger partial charge in [-0.05, 0) is 11.1 Å². The van der Waals surface area contributed by atoms with Gasteiger partial charge in [0.2, 0.25) is 0 Å². The van der Waals surface area contributed by atoms with Crippen LogP contribution in [0.5, 0.6) is 0 Å². The van der Waals surface area contributed by atoms with Gasteiger partial charge in [-0.2, -0.15) is 0 Å². The summed E-state index contributed by atoms with van der Waals surface area (Å²) in [5.41, 5.74) is 5.04. The highest BCUT2D eigenvalue weighted by atomic mass is 15.0. The van der Waals surface area contributed by atoms with Crippen LogP contribution in [0.3, 0.4) is 0 Å². The average Bonchev–Trinajstić information content (AvgIpc) is 2.75. The molecule has 2 heteroatoms. The van der Waals surface area contributed by atoms with Crippen molar-refractivity contribution in [1.82, 2.24) is 0 Å². The molecule has 140 valence electrons. The number of rotatable bonds is 0. The maximum atomic E-state index is 3.41. The highest BCUT2D eigenvalue weighted by Gasteiger charge is 2.13. The second kappa shape index (κ2) is 21.3. The smallest absolute Gasteiger partial charge is 0.0658 e. The quantitative estimate of drug-likeness (QED) is 0.508. The van der Waals surface area contributed by atoms with Crippen molar-refractivity contribution in [3.8, 4) is 0 Å². The summed E-state index contributed by atoms with van der Waals surface area (Å²) in [7, 11) is 0. The van der Waals surface area contributed by atoms with E-state index in [2.05, 4.69) is 47.1 Å². The zero-order valence-corrected chi connectivity index (χ0v) is 17.9. The van der Waals surface area contributed by atoms with Crippen molar-refractivity contribution < 1.29 is 0 Å². The monoisotopic (exact) mass is 334 g/mol. The van der Waals surface area contributed by atoms with E-state index in [9.17, 15) is 0 Å². The minimum absolute atomic E-state index is 0.925. The molecule has 1 aromatic rings. The second-order valence-electron chi connectivity index (χ2n) is 3.56. The van der Waals surface area contributed by atoms with Gasteiger partial charge in [0.05, 0.1) is 11.4 Å². The molecule has 0 fully saturated rings. The van der Waals surface area contributed by atoms with E-state index in [0.29, 0.717) is 0 Å². The summed E-state index contributed by atoms with van der Waals surface area (Å²) < 4.78 is 0. The van der Waals surface area contributed by atoms with E-state index in [0.717, 1.165) is 13.1 Å². The number of benzene rings is 1. The van der Waals surface area contributed by atoms with Crippen molar-refractivity contribution in [1.29, 1.82) is 0 Å². The van der Waals surface area contributed by atoms with Crippen LogP contribution in [0.1, 0.15) is 80.4 Å². The fraction of sp³-hybridized carbons (Fsp3) is 0.545. The zero-order chi connectivity index (χ0) is 19.4. The molecule has 0 radical (unpaired) electrons. The molecule has 1 aromatic carbocycles. The fourth-order valence-electron chi connectivity index (χ4n) is 1.99. The van der Waals surface area contributed by atoms with Crippen LogP contribution in [-0.2, 0) is 0 Å². The van der Waals surface area contributed by atoms with Gasteiger partial charge >= 0.3 is 0 Å². The van der Waals surface area contributed by atoms with Crippen molar-refractivity contribution in [3.63, 3.8) is 0 Å². The van der Waals surface area contributed by atoms with Gasteiger partial charge in [0.1, 0.15) is 0 Å². The van der Waals surface area contributed by atoms with Gasteiger partial charge in [0.15, 0.2) is 0 Å². The van der Waals surface area contributed by atoms with Crippen LogP contribution < -0.4 is 10.6 Å². The third-order valence-corrected chi connectivity index (χ3v) is 2.66. The highest BCUT2D eigenvalue weighted by Crippen LogP contribution is 2.34. The number of anilines is 2. The molecular formula is C22H42N2. The summed E-state index contributed by atoms with van der Waals surface area (Å²) in [6.07, 6.45) is 8.64. The van der Waals surface area contributed by atoms with Crippen LogP contribution in [0.2, 0.25) is 0 Å². The molecule has 2 aliphatic heterocycles. The molecule has 0 bridgehead atoms. The third-order valence-electron chi connectivity index (χ3n) is 2.66. The Balaban J connectivity index is -0.000000384. The molecule has 0 aliphatic carbocycles. The summed E-state index contributed by atoms with van der Waals surface area (Å²) in [5, 5.41) is 6.82. The summed E-state index contributed by atoms with van der Waals surface area (Å²) >= 11 is 0. The Kier molecular flexibility index (Phi) is 24.1. The normalized spacial score (nSPS) is 10.9. The van der Waals surface area contributed by atoms with Crippen LogP contribution in [-0.4, -0.2) is 13.1 Å². The highest BCUT2D eigenvalue weighted by molar-refractivity contribution is 5.88. The fourth-order valence-corrected chi connectivity index (χ4v) is 1.99. The molecule has 0 atom stereocenters. The van der Waals surface area contributed by atoms with E-state index in [1.54, 1.807) is 0 Å². The van der Waals surface area contributed by atoms with E-state index in [4.69, 9.17) is 0 Å². The second-order valence-corrected chi connectivity index (χ2v) is 3.56. The van der Waals surface area contributed by atoms with Gasteiger partial charge in [-0.1, -0.05) is 106 Å². The molecule has 0 unspecified atom stereocenters. The molecule has 2 N–H and O–H groups in total. The van der Waals surface area contributed by atoms with Crippen LogP contribution in [0.4, 0.5) is 11.4 Å². The standard InChI is InChI=1S/C12H12N2.5C2H6/c1-3-9-5-6-10-4-2-8-14-12(10)11(9)13-7-1;5*1-2/h1-6,13-14H,7-8H2;5*1-2H3. The Bertz CT molecular complexity index is 391. The maximum Gasteiger partial charge on any atom is 0.0658 e. The van der Waals surface area contributed by atoms with Gasteiger partial charge in [-0.3, -0.25) is 0 Å². The number of hydrogen-bond acceptors (Lipinski definition) is 2. The Morgan fingerprint density at radius 2 is 0.833 bits per heavy atom. The maximum absolute atomic E-state index is 3.41. The van der Waals surface area contributed by atoms with Crippen LogP contribution in [0.25, 0.3) is 12.2 Å². The third kappa shape index (κ3) is 8.81. The minimum Gasteiger partial charge on any atom is -0.379 e. The van der Waals surface area contributed by atoms with Gasteiger partial charge < -0.3 is 10.6 Å². The lowest BCUT2D eigenvalue weighted by atomic mass is 10.0. The van der Waals surface area contributed by atoms with Gasteiger partial charge in [-0.15, -0.1) is 0 Å². The lowest BCUT2D eigenvalue weighted by Crippen LogP contribution is -2.12. The molecule has 3 rings (SSSR count). The predicted molar refractivity (Wildman–Crippen MR) is 118 cm³/mol. The van der Waals surface area contributed by atoms with Crippen LogP contribution >= 0.6 is 0 Å². The molecule has 0 saturated carbocycles. The van der Waals surface area contributed by atoms with Crippen molar-refractivity contribution in [2.45, 2.75) is 69.2 Å². The topological polar surface area (TPSA) is 24.1 Å². The number of hydrogen-bond donors (Lipinski definition) is 2. The van der Waals surface area contributed by atoms with Gasteiger partial charge in [-0.25, -0.2) is 0 Å². The summed E-state index contributed by atoms with van der Waals surface area (Å²) in [5.74, 6) is 0. The van der Waals surface area contributed by atoms with E-state index >= 15 is 0 Å². The molecule has 0 amide bonds. The van der Waals surface area contributed by atoms with Crippen LogP contribution in [0, 0.1) is 0 Å². The summed E-state index contributed by atoms with van der Waals surface area (Å²) in [6.45, 7) is 21.9. The number of nitrogens with one attached hydrogen (secondary N) is 2. The predicted octanol–water partition coefficient (Wildman–Crippen LogP) is 7.70. The SMILES string of the molecule is C1=Cc2ccc3c(c2NC1)NCC=C3.CC.CC.CC.CC.CC. The summed E-state index contributed by atoms with van der Waals surface area (Å²) in [6, 6.07) is 4.32.